The predicted molar refractivity (Wildman–Crippen MR) is 93.4 cm³/mol. The monoisotopic (exact) mass is 350 g/mol. The number of fused-ring (bicyclic) bond motifs is 1. The van der Waals surface area contributed by atoms with Crippen LogP contribution in [-0.4, -0.2) is 30.9 Å². The molecule has 0 atom stereocenters. The maximum absolute atomic E-state index is 12.6. The van der Waals surface area contributed by atoms with Crippen LogP contribution in [0, 0.1) is 13.8 Å². The zero-order valence-electron chi connectivity index (χ0n) is 14.0. The molecule has 0 saturated heterocycles. The zero-order valence-corrected chi connectivity index (χ0v) is 14.0. The lowest BCUT2D eigenvalue weighted by Gasteiger charge is -2.05. The second kappa shape index (κ2) is 5.96. The molecule has 0 spiro atoms. The molecule has 2 N–H and O–H groups in total. The summed E-state index contributed by atoms with van der Waals surface area (Å²) in [6.07, 6.45) is 1.45. The van der Waals surface area contributed by atoms with Gasteiger partial charge < -0.3 is 9.73 Å². The highest BCUT2D eigenvalue weighted by Gasteiger charge is 2.16. The number of hydrogen-bond acceptors (Lipinski definition) is 6. The number of H-pyrrole nitrogens is 1. The van der Waals surface area contributed by atoms with Gasteiger partial charge in [0.15, 0.2) is 17.3 Å². The van der Waals surface area contributed by atoms with Crippen molar-refractivity contribution in [1.29, 1.82) is 0 Å². The fourth-order valence-electron chi connectivity index (χ4n) is 2.64. The van der Waals surface area contributed by atoms with E-state index in [1.807, 2.05) is 0 Å². The molecule has 1 aromatic carbocycles. The molecule has 0 saturated carbocycles. The second-order valence-corrected chi connectivity index (χ2v) is 5.70. The SMILES string of the molecule is Cc1nc2cc(NC(=O)c3cnn(-c4ccc(=O)[nH]n4)c3C)ccc2o1. The van der Waals surface area contributed by atoms with Crippen LogP contribution in [0.4, 0.5) is 5.69 Å². The number of nitrogens with zero attached hydrogens (tertiary/aromatic N) is 4. The molecule has 0 radical (unpaired) electrons. The first kappa shape index (κ1) is 15.8. The van der Waals surface area contributed by atoms with Crippen LogP contribution in [0.3, 0.4) is 0 Å². The van der Waals surface area contributed by atoms with E-state index in [-0.39, 0.29) is 11.5 Å². The molecule has 0 aliphatic rings. The van der Waals surface area contributed by atoms with Crippen molar-refractivity contribution < 1.29 is 9.21 Å². The Kier molecular flexibility index (Phi) is 3.61. The molecule has 3 aromatic heterocycles. The van der Waals surface area contributed by atoms with E-state index < -0.39 is 0 Å². The first-order valence-electron chi connectivity index (χ1n) is 7.80. The minimum atomic E-state index is -0.310. The van der Waals surface area contributed by atoms with Crippen molar-refractivity contribution in [1.82, 2.24) is 25.0 Å². The number of amides is 1. The molecule has 0 unspecified atom stereocenters. The van der Waals surface area contributed by atoms with Gasteiger partial charge in [-0.15, -0.1) is 0 Å². The molecule has 9 heteroatoms. The average molecular weight is 350 g/mol. The number of oxazole rings is 1. The first-order chi connectivity index (χ1) is 12.5. The molecule has 130 valence electrons. The fourth-order valence-corrected chi connectivity index (χ4v) is 2.64. The van der Waals surface area contributed by atoms with Crippen LogP contribution in [0.15, 0.2) is 45.7 Å². The lowest BCUT2D eigenvalue weighted by Crippen LogP contribution is -2.14. The Bertz CT molecular complexity index is 1170. The maximum Gasteiger partial charge on any atom is 0.264 e. The van der Waals surface area contributed by atoms with E-state index in [1.165, 1.54) is 23.0 Å². The number of aromatic amines is 1. The first-order valence-corrected chi connectivity index (χ1v) is 7.80. The van der Waals surface area contributed by atoms with E-state index in [4.69, 9.17) is 4.42 Å². The summed E-state index contributed by atoms with van der Waals surface area (Å²) in [5, 5.41) is 13.3. The molecular formula is C17H14N6O3. The summed E-state index contributed by atoms with van der Waals surface area (Å²) in [6.45, 7) is 3.51. The summed E-state index contributed by atoms with van der Waals surface area (Å²) >= 11 is 0. The second-order valence-electron chi connectivity index (χ2n) is 5.70. The van der Waals surface area contributed by atoms with Crippen LogP contribution in [0.25, 0.3) is 16.9 Å². The topological polar surface area (TPSA) is 119 Å². The molecule has 9 nitrogen and oxygen atoms in total. The Labute approximate surface area is 146 Å². The van der Waals surface area contributed by atoms with E-state index in [0.29, 0.717) is 39.8 Å². The highest BCUT2D eigenvalue weighted by atomic mass is 16.3. The van der Waals surface area contributed by atoms with Crippen molar-refractivity contribution in [2.45, 2.75) is 13.8 Å². The van der Waals surface area contributed by atoms with Gasteiger partial charge in [-0.1, -0.05) is 0 Å². The minimum Gasteiger partial charge on any atom is -0.441 e. The molecular weight excluding hydrogens is 336 g/mol. The highest BCUT2D eigenvalue weighted by Crippen LogP contribution is 2.21. The van der Waals surface area contributed by atoms with Crippen molar-refractivity contribution in [2.75, 3.05) is 5.32 Å². The third-order valence-corrected chi connectivity index (χ3v) is 3.89. The Morgan fingerprint density at radius 3 is 2.85 bits per heavy atom. The van der Waals surface area contributed by atoms with Gasteiger partial charge in [0.2, 0.25) is 0 Å². The molecule has 0 aliphatic carbocycles. The molecule has 4 rings (SSSR count). The highest BCUT2D eigenvalue weighted by molar-refractivity contribution is 6.05. The van der Waals surface area contributed by atoms with Gasteiger partial charge in [-0.2, -0.15) is 10.2 Å². The van der Waals surface area contributed by atoms with Crippen molar-refractivity contribution in [3.8, 4) is 5.82 Å². The number of carbonyl (C=O) groups is 1. The van der Waals surface area contributed by atoms with Crippen LogP contribution in [0.5, 0.6) is 0 Å². The third kappa shape index (κ3) is 2.75. The summed E-state index contributed by atoms with van der Waals surface area (Å²) < 4.78 is 6.90. The maximum atomic E-state index is 12.6. The van der Waals surface area contributed by atoms with Crippen LogP contribution in [0.1, 0.15) is 21.9 Å². The Hall–Kier alpha value is -3.75. The summed E-state index contributed by atoms with van der Waals surface area (Å²) in [6, 6.07) is 8.12. The van der Waals surface area contributed by atoms with Crippen molar-refractivity contribution in [2.24, 2.45) is 0 Å². The minimum absolute atomic E-state index is 0.308. The van der Waals surface area contributed by atoms with Crippen LogP contribution < -0.4 is 10.9 Å². The Balaban J connectivity index is 1.61. The van der Waals surface area contributed by atoms with Crippen molar-refractivity contribution in [3.63, 3.8) is 0 Å². The van der Waals surface area contributed by atoms with Gasteiger partial charge in [0.05, 0.1) is 17.5 Å². The number of carbonyl (C=O) groups excluding carboxylic acids is 1. The lowest BCUT2D eigenvalue weighted by atomic mass is 10.2. The van der Waals surface area contributed by atoms with E-state index in [9.17, 15) is 9.59 Å². The Morgan fingerprint density at radius 1 is 1.23 bits per heavy atom. The van der Waals surface area contributed by atoms with Gasteiger partial charge >= 0.3 is 0 Å². The summed E-state index contributed by atoms with van der Waals surface area (Å²) in [7, 11) is 0. The summed E-state index contributed by atoms with van der Waals surface area (Å²) in [5.41, 5.74) is 2.62. The van der Waals surface area contributed by atoms with Gasteiger partial charge in [0, 0.05) is 18.7 Å². The number of aryl methyl sites for hydroxylation is 1. The van der Waals surface area contributed by atoms with E-state index in [1.54, 1.807) is 32.0 Å². The number of rotatable bonds is 3. The number of benzene rings is 1. The molecule has 26 heavy (non-hydrogen) atoms. The quantitative estimate of drug-likeness (QED) is 0.583. The van der Waals surface area contributed by atoms with Crippen molar-refractivity contribution >= 4 is 22.7 Å². The molecule has 0 bridgehead atoms. The fraction of sp³-hybridized carbons (Fsp3) is 0.118. The summed E-state index contributed by atoms with van der Waals surface area (Å²) in [5.74, 6) is 0.674. The molecule has 0 aliphatic heterocycles. The number of anilines is 1. The van der Waals surface area contributed by atoms with Crippen LogP contribution in [0.2, 0.25) is 0 Å². The molecule has 4 aromatic rings. The molecule has 0 fully saturated rings. The smallest absolute Gasteiger partial charge is 0.264 e. The van der Waals surface area contributed by atoms with Crippen molar-refractivity contribution in [3.05, 3.63) is 64.0 Å². The van der Waals surface area contributed by atoms with E-state index in [0.717, 1.165) is 0 Å². The largest absolute Gasteiger partial charge is 0.441 e. The van der Waals surface area contributed by atoms with Gasteiger partial charge in [-0.25, -0.2) is 14.8 Å². The zero-order chi connectivity index (χ0) is 18.3. The lowest BCUT2D eigenvalue weighted by molar-refractivity contribution is 0.102. The summed E-state index contributed by atoms with van der Waals surface area (Å²) in [4.78, 5) is 28.0. The number of hydrogen-bond donors (Lipinski definition) is 2. The Morgan fingerprint density at radius 2 is 2.08 bits per heavy atom. The normalized spacial score (nSPS) is 11.0. The van der Waals surface area contributed by atoms with E-state index >= 15 is 0 Å². The standard InChI is InChI=1S/C17H14N6O3/c1-9-12(8-18-23(9)15-5-6-16(24)22-21-15)17(25)20-11-3-4-14-13(7-11)19-10(2)26-14/h3-8H,1-2H3,(H,20,25)(H,22,24). The molecule has 1 amide bonds. The van der Waals surface area contributed by atoms with Gasteiger partial charge in [0.1, 0.15) is 5.52 Å². The average Bonchev–Trinajstić information content (AvgIpc) is 3.17. The number of nitrogens with one attached hydrogen (secondary N) is 2. The van der Waals surface area contributed by atoms with Gasteiger partial charge in [-0.3, -0.25) is 9.59 Å². The molecule has 3 heterocycles. The number of aromatic nitrogens is 5. The van der Waals surface area contributed by atoms with Crippen LogP contribution >= 0.6 is 0 Å². The van der Waals surface area contributed by atoms with Gasteiger partial charge in [0.25, 0.3) is 11.5 Å². The third-order valence-electron chi connectivity index (χ3n) is 3.89. The van der Waals surface area contributed by atoms with Gasteiger partial charge in [-0.05, 0) is 31.2 Å². The van der Waals surface area contributed by atoms with Crippen LogP contribution in [-0.2, 0) is 0 Å². The predicted octanol–water partition coefficient (Wildman–Crippen LogP) is 1.97. The van der Waals surface area contributed by atoms with E-state index in [2.05, 4.69) is 25.6 Å².